The number of carbonyl (C=O) groups is 1. The van der Waals surface area contributed by atoms with E-state index in [9.17, 15) is 4.79 Å². The minimum Gasteiger partial charge on any atom is -0.394 e. The van der Waals surface area contributed by atoms with Crippen LogP contribution in [0.25, 0.3) is 0 Å². The zero-order valence-electron chi connectivity index (χ0n) is 13.1. The van der Waals surface area contributed by atoms with Gasteiger partial charge in [-0.05, 0) is 40.8 Å². The summed E-state index contributed by atoms with van der Waals surface area (Å²) >= 11 is 1.59. The minimum absolute atomic E-state index is 0.0222. The molecule has 0 radical (unpaired) electrons. The first-order valence-electron chi connectivity index (χ1n) is 7.85. The molecule has 0 spiro atoms. The van der Waals surface area contributed by atoms with E-state index in [2.05, 4.69) is 17.4 Å². The van der Waals surface area contributed by atoms with Crippen LogP contribution in [0.3, 0.4) is 0 Å². The van der Waals surface area contributed by atoms with Crippen LogP contribution < -0.4 is 5.32 Å². The molecule has 0 aliphatic heterocycles. The molecule has 0 fully saturated rings. The Balaban J connectivity index is 1.71. The van der Waals surface area contributed by atoms with Gasteiger partial charge in [0.2, 0.25) is 5.91 Å². The summed E-state index contributed by atoms with van der Waals surface area (Å²) in [5.41, 5.74) is 2.29. The van der Waals surface area contributed by atoms with Gasteiger partial charge in [-0.3, -0.25) is 4.79 Å². The van der Waals surface area contributed by atoms with Gasteiger partial charge in [-0.15, -0.1) is 0 Å². The third kappa shape index (κ3) is 6.52. The van der Waals surface area contributed by atoms with Gasteiger partial charge in [-0.1, -0.05) is 30.3 Å². The Morgan fingerprint density at radius 3 is 2.78 bits per heavy atom. The first kappa shape index (κ1) is 17.7. The Kier molecular flexibility index (Phi) is 7.80. The summed E-state index contributed by atoms with van der Waals surface area (Å²) in [5.74, 6) is 0.0359. The van der Waals surface area contributed by atoms with Gasteiger partial charge in [0.05, 0.1) is 13.2 Å². The summed E-state index contributed by atoms with van der Waals surface area (Å²) < 4.78 is 5.60. The highest BCUT2D eigenvalue weighted by molar-refractivity contribution is 7.07. The number of hydrogen-bond acceptors (Lipinski definition) is 4. The number of rotatable bonds is 10. The van der Waals surface area contributed by atoms with Crippen molar-refractivity contribution in [3.63, 3.8) is 0 Å². The number of thiophene rings is 1. The summed E-state index contributed by atoms with van der Waals surface area (Å²) in [5, 5.41) is 15.8. The van der Waals surface area contributed by atoms with Gasteiger partial charge >= 0.3 is 0 Å². The number of aliphatic hydroxyl groups excluding tert-OH is 1. The molecule has 0 aliphatic rings. The molecule has 0 aliphatic carbocycles. The van der Waals surface area contributed by atoms with E-state index < -0.39 is 0 Å². The molecule has 1 aromatic carbocycles. The van der Waals surface area contributed by atoms with Gasteiger partial charge in [-0.2, -0.15) is 11.3 Å². The molecule has 0 bridgehead atoms. The molecule has 1 atom stereocenters. The van der Waals surface area contributed by atoms with Crippen LogP contribution in [0.1, 0.15) is 30.1 Å². The van der Waals surface area contributed by atoms with E-state index in [1.54, 1.807) is 11.3 Å². The predicted molar refractivity (Wildman–Crippen MR) is 92.5 cm³/mol. The zero-order chi connectivity index (χ0) is 16.3. The molecule has 5 heteroatoms. The lowest BCUT2D eigenvalue weighted by molar-refractivity contribution is -0.121. The lowest BCUT2D eigenvalue weighted by atomic mass is 10.1. The van der Waals surface area contributed by atoms with Gasteiger partial charge in [0.1, 0.15) is 6.10 Å². The predicted octanol–water partition coefficient (Wildman–Crippen LogP) is 2.94. The van der Waals surface area contributed by atoms with Crippen molar-refractivity contribution >= 4 is 17.2 Å². The molecule has 2 N–H and O–H groups in total. The van der Waals surface area contributed by atoms with Gasteiger partial charge in [0.15, 0.2) is 0 Å². The quantitative estimate of drug-likeness (QED) is 0.703. The highest BCUT2D eigenvalue weighted by Crippen LogP contribution is 2.19. The number of aryl methyl sites for hydroxylation is 1. The summed E-state index contributed by atoms with van der Waals surface area (Å²) in [4.78, 5) is 12.0. The summed E-state index contributed by atoms with van der Waals surface area (Å²) in [6.45, 7) is 0.678. The van der Waals surface area contributed by atoms with Gasteiger partial charge < -0.3 is 15.2 Å². The van der Waals surface area contributed by atoms with E-state index in [-0.39, 0.29) is 25.2 Å². The van der Waals surface area contributed by atoms with Crippen molar-refractivity contribution in [2.24, 2.45) is 0 Å². The molecule has 0 unspecified atom stereocenters. The Bertz CT molecular complexity index is 557. The number of benzene rings is 1. The number of nitrogens with one attached hydrogen (secondary N) is 1. The number of amides is 1. The molecule has 23 heavy (non-hydrogen) atoms. The van der Waals surface area contributed by atoms with Crippen LogP contribution in [-0.2, 0) is 16.0 Å². The second-order valence-electron chi connectivity index (χ2n) is 5.28. The molecule has 0 saturated carbocycles. The van der Waals surface area contributed by atoms with Gasteiger partial charge in [0, 0.05) is 13.0 Å². The van der Waals surface area contributed by atoms with E-state index in [0.717, 1.165) is 18.4 Å². The van der Waals surface area contributed by atoms with E-state index in [0.29, 0.717) is 13.0 Å². The maximum absolute atomic E-state index is 12.0. The summed E-state index contributed by atoms with van der Waals surface area (Å²) in [6.07, 6.45) is 2.04. The second kappa shape index (κ2) is 10.2. The smallest absolute Gasteiger partial charge is 0.220 e. The fraction of sp³-hybridized carbons (Fsp3) is 0.389. The lowest BCUT2D eigenvalue weighted by Crippen LogP contribution is -2.29. The van der Waals surface area contributed by atoms with E-state index >= 15 is 0 Å². The van der Waals surface area contributed by atoms with Crippen molar-refractivity contribution in [3.8, 4) is 0 Å². The van der Waals surface area contributed by atoms with Crippen LogP contribution in [0.5, 0.6) is 0 Å². The van der Waals surface area contributed by atoms with E-state index in [1.165, 1.54) is 5.56 Å². The number of carbonyl (C=O) groups excluding carboxylic acids is 1. The molecule has 1 amide bonds. The Labute approximate surface area is 141 Å². The summed E-state index contributed by atoms with van der Waals surface area (Å²) in [6, 6.07) is 12.2. The molecular weight excluding hydrogens is 310 g/mol. The maximum atomic E-state index is 12.0. The van der Waals surface area contributed by atoms with Crippen LogP contribution in [0.4, 0.5) is 0 Å². The standard InChI is InChI=1S/C18H23NO3S/c20-10-11-22-17(16-9-12-23-14-16)13-19-18(21)8-4-7-15-5-2-1-3-6-15/h1-3,5-6,9,12,14,17,20H,4,7-8,10-11,13H2,(H,19,21)/t17-/m1/s1. The van der Waals surface area contributed by atoms with Crippen LogP contribution in [0, 0.1) is 0 Å². The average molecular weight is 333 g/mol. The fourth-order valence-corrected chi connectivity index (χ4v) is 3.02. The third-order valence-corrected chi connectivity index (χ3v) is 4.22. The number of ether oxygens (including phenoxy) is 1. The van der Waals surface area contributed by atoms with Gasteiger partial charge in [0.25, 0.3) is 0 Å². The van der Waals surface area contributed by atoms with Crippen molar-refractivity contribution in [1.82, 2.24) is 5.32 Å². The molecule has 2 aromatic rings. The van der Waals surface area contributed by atoms with Crippen LogP contribution in [-0.4, -0.2) is 30.8 Å². The second-order valence-corrected chi connectivity index (χ2v) is 6.06. The third-order valence-electron chi connectivity index (χ3n) is 3.52. The molecular formula is C18H23NO3S. The van der Waals surface area contributed by atoms with Crippen molar-refractivity contribution in [1.29, 1.82) is 0 Å². The van der Waals surface area contributed by atoms with Crippen LogP contribution >= 0.6 is 11.3 Å². The molecule has 2 rings (SSSR count). The van der Waals surface area contributed by atoms with E-state index in [1.807, 2.05) is 35.0 Å². The molecule has 4 nitrogen and oxygen atoms in total. The van der Waals surface area contributed by atoms with Crippen LogP contribution in [0.15, 0.2) is 47.2 Å². The molecule has 1 heterocycles. The van der Waals surface area contributed by atoms with Crippen molar-refractivity contribution in [2.45, 2.75) is 25.4 Å². The molecule has 0 saturated heterocycles. The first-order valence-corrected chi connectivity index (χ1v) is 8.79. The Hall–Kier alpha value is -1.69. The highest BCUT2D eigenvalue weighted by atomic mass is 32.1. The highest BCUT2D eigenvalue weighted by Gasteiger charge is 2.13. The SMILES string of the molecule is O=C(CCCc1ccccc1)NC[C@@H](OCCO)c1ccsc1. The van der Waals surface area contributed by atoms with Crippen molar-refractivity contribution < 1.29 is 14.6 Å². The summed E-state index contributed by atoms with van der Waals surface area (Å²) in [7, 11) is 0. The monoisotopic (exact) mass is 333 g/mol. The molecule has 1 aromatic heterocycles. The molecule has 124 valence electrons. The number of aliphatic hydroxyl groups is 1. The van der Waals surface area contributed by atoms with Crippen molar-refractivity contribution in [3.05, 3.63) is 58.3 Å². The van der Waals surface area contributed by atoms with Crippen LogP contribution in [0.2, 0.25) is 0 Å². The Morgan fingerprint density at radius 1 is 1.26 bits per heavy atom. The first-order chi connectivity index (χ1) is 11.3. The van der Waals surface area contributed by atoms with Gasteiger partial charge in [-0.25, -0.2) is 0 Å². The zero-order valence-corrected chi connectivity index (χ0v) is 13.9. The normalized spacial score (nSPS) is 12.0. The van der Waals surface area contributed by atoms with Crippen molar-refractivity contribution in [2.75, 3.05) is 19.8 Å². The van der Waals surface area contributed by atoms with E-state index in [4.69, 9.17) is 9.84 Å². The number of hydrogen-bond donors (Lipinski definition) is 2. The minimum atomic E-state index is -0.202. The largest absolute Gasteiger partial charge is 0.394 e. The maximum Gasteiger partial charge on any atom is 0.220 e. The average Bonchev–Trinajstić information content (AvgIpc) is 3.10. The lowest BCUT2D eigenvalue weighted by Gasteiger charge is -2.17. The fourth-order valence-electron chi connectivity index (χ4n) is 2.32. The Morgan fingerprint density at radius 2 is 2.09 bits per heavy atom. The topological polar surface area (TPSA) is 58.6 Å².